The molecule has 4 nitrogen and oxygen atoms in total. The first-order chi connectivity index (χ1) is 17.9. The standard InChI is InChI=1S/C27H20F7NO3/c28-23-13-19(26(29,30)31)10-9-18(23)15-35(16-25(36)27(32,33)34)20-5-2-7-22(14-20)38-21-6-1-4-17(12-21)24-8-3-11-37-24/h1-14,25,36H,15-16H2/t25-/m1/s1. The number of hydrogen-bond acceptors (Lipinski definition) is 4. The lowest BCUT2D eigenvalue weighted by Crippen LogP contribution is -2.41. The zero-order chi connectivity index (χ0) is 27.5. The van der Waals surface area contributed by atoms with E-state index in [-0.39, 0.29) is 23.1 Å². The molecule has 0 unspecified atom stereocenters. The highest BCUT2D eigenvalue weighted by Crippen LogP contribution is 2.33. The second-order valence-electron chi connectivity index (χ2n) is 8.35. The number of alkyl halides is 6. The van der Waals surface area contributed by atoms with Crippen molar-refractivity contribution in [3.05, 3.63) is 102 Å². The van der Waals surface area contributed by atoms with Crippen molar-refractivity contribution < 1.29 is 45.0 Å². The summed E-state index contributed by atoms with van der Waals surface area (Å²) in [6.45, 7) is -1.55. The average Bonchev–Trinajstić information content (AvgIpc) is 3.39. The number of halogens is 7. The molecule has 0 aliphatic carbocycles. The minimum Gasteiger partial charge on any atom is -0.464 e. The quantitative estimate of drug-likeness (QED) is 0.232. The summed E-state index contributed by atoms with van der Waals surface area (Å²) in [7, 11) is 0. The summed E-state index contributed by atoms with van der Waals surface area (Å²) < 4.78 is 104. The Hall–Kier alpha value is -3.99. The molecule has 1 heterocycles. The van der Waals surface area contributed by atoms with Crippen LogP contribution in [0.1, 0.15) is 11.1 Å². The number of aliphatic hydroxyl groups excluding tert-OH is 1. The number of hydrogen-bond donors (Lipinski definition) is 1. The lowest BCUT2D eigenvalue weighted by Gasteiger charge is -2.29. The maximum absolute atomic E-state index is 14.5. The average molecular weight is 539 g/mol. The van der Waals surface area contributed by atoms with E-state index < -0.39 is 42.9 Å². The Morgan fingerprint density at radius 1 is 0.842 bits per heavy atom. The van der Waals surface area contributed by atoms with E-state index in [0.29, 0.717) is 17.6 Å². The summed E-state index contributed by atoms with van der Waals surface area (Å²) in [4.78, 5) is 1.01. The molecule has 0 saturated carbocycles. The Morgan fingerprint density at radius 2 is 1.55 bits per heavy atom. The van der Waals surface area contributed by atoms with Gasteiger partial charge in [-0.1, -0.05) is 24.3 Å². The van der Waals surface area contributed by atoms with Gasteiger partial charge in [0.1, 0.15) is 23.1 Å². The predicted molar refractivity (Wildman–Crippen MR) is 125 cm³/mol. The van der Waals surface area contributed by atoms with Crippen molar-refractivity contribution in [1.82, 2.24) is 0 Å². The van der Waals surface area contributed by atoms with E-state index in [1.165, 1.54) is 24.5 Å². The van der Waals surface area contributed by atoms with Crippen molar-refractivity contribution in [1.29, 1.82) is 0 Å². The summed E-state index contributed by atoms with van der Waals surface area (Å²) >= 11 is 0. The van der Waals surface area contributed by atoms with Crippen LogP contribution >= 0.6 is 0 Å². The van der Waals surface area contributed by atoms with Crippen molar-refractivity contribution >= 4 is 5.69 Å². The van der Waals surface area contributed by atoms with Crippen LogP contribution in [0.2, 0.25) is 0 Å². The van der Waals surface area contributed by atoms with E-state index in [1.807, 2.05) is 0 Å². The zero-order valence-corrected chi connectivity index (χ0v) is 19.4. The Bertz CT molecular complexity index is 1370. The predicted octanol–water partition coefficient (Wildman–Crippen LogP) is 7.83. The molecule has 11 heteroatoms. The van der Waals surface area contributed by atoms with Gasteiger partial charge in [0.25, 0.3) is 0 Å². The molecule has 3 aromatic carbocycles. The minimum atomic E-state index is -4.97. The number of rotatable bonds is 8. The summed E-state index contributed by atoms with van der Waals surface area (Å²) in [5, 5.41) is 9.69. The van der Waals surface area contributed by atoms with Crippen LogP contribution in [-0.2, 0) is 12.7 Å². The lowest BCUT2D eigenvalue weighted by atomic mass is 10.1. The molecule has 0 fully saturated rings. The number of anilines is 1. The highest BCUT2D eigenvalue weighted by atomic mass is 19.4. The van der Waals surface area contributed by atoms with Crippen molar-refractivity contribution in [2.75, 3.05) is 11.4 Å². The first-order valence-corrected chi connectivity index (χ1v) is 11.2. The molecule has 1 N–H and O–H groups in total. The first kappa shape index (κ1) is 27.1. The number of benzene rings is 3. The van der Waals surface area contributed by atoms with Crippen molar-refractivity contribution in [2.45, 2.75) is 25.0 Å². The summed E-state index contributed by atoms with van der Waals surface area (Å²) in [6.07, 6.45) is -11.0. The number of ether oxygens (including phenoxy) is 1. The largest absolute Gasteiger partial charge is 0.464 e. The second-order valence-corrected chi connectivity index (χ2v) is 8.35. The zero-order valence-electron chi connectivity index (χ0n) is 19.4. The Labute approximate surface area is 212 Å². The Kier molecular flexibility index (Phi) is 7.68. The first-order valence-electron chi connectivity index (χ1n) is 11.2. The van der Waals surface area contributed by atoms with Crippen LogP contribution in [0.25, 0.3) is 11.3 Å². The highest BCUT2D eigenvalue weighted by molar-refractivity contribution is 5.60. The molecule has 0 amide bonds. The highest BCUT2D eigenvalue weighted by Gasteiger charge is 2.39. The van der Waals surface area contributed by atoms with Crippen LogP contribution < -0.4 is 9.64 Å². The molecule has 1 aromatic heterocycles. The Morgan fingerprint density at radius 3 is 2.18 bits per heavy atom. The normalized spacial score (nSPS) is 12.8. The van der Waals surface area contributed by atoms with Gasteiger partial charge in [0.05, 0.1) is 18.4 Å². The van der Waals surface area contributed by atoms with E-state index in [1.54, 1.807) is 42.5 Å². The van der Waals surface area contributed by atoms with Gasteiger partial charge >= 0.3 is 12.4 Å². The second kappa shape index (κ2) is 10.8. The third kappa shape index (κ3) is 6.65. The number of furan rings is 1. The van der Waals surface area contributed by atoms with Crippen molar-refractivity contribution in [3.8, 4) is 22.8 Å². The van der Waals surface area contributed by atoms with Gasteiger partial charge in [-0.15, -0.1) is 0 Å². The van der Waals surface area contributed by atoms with E-state index in [2.05, 4.69) is 0 Å². The fourth-order valence-corrected chi connectivity index (χ4v) is 3.67. The van der Waals surface area contributed by atoms with Gasteiger partial charge in [0.15, 0.2) is 6.10 Å². The molecule has 1 atom stereocenters. The van der Waals surface area contributed by atoms with E-state index in [9.17, 15) is 35.8 Å². The smallest absolute Gasteiger partial charge is 0.416 e. The van der Waals surface area contributed by atoms with Gasteiger partial charge in [-0.05, 0) is 48.5 Å². The van der Waals surface area contributed by atoms with Gasteiger partial charge in [-0.3, -0.25) is 0 Å². The fourth-order valence-electron chi connectivity index (χ4n) is 3.67. The maximum Gasteiger partial charge on any atom is 0.416 e. The topological polar surface area (TPSA) is 45.8 Å². The van der Waals surface area contributed by atoms with Crippen molar-refractivity contribution in [3.63, 3.8) is 0 Å². The minimum absolute atomic E-state index is 0.118. The summed E-state index contributed by atoms with van der Waals surface area (Å²) in [5.41, 5.74) is -0.679. The van der Waals surface area contributed by atoms with E-state index >= 15 is 0 Å². The fraction of sp³-hybridized carbons (Fsp3) is 0.185. The molecule has 0 aliphatic rings. The number of nitrogens with zero attached hydrogens (tertiary/aromatic N) is 1. The van der Waals surface area contributed by atoms with Gasteiger partial charge < -0.3 is 19.2 Å². The maximum atomic E-state index is 14.5. The third-order valence-corrected chi connectivity index (χ3v) is 5.57. The molecule has 38 heavy (non-hydrogen) atoms. The molecule has 200 valence electrons. The van der Waals surface area contributed by atoms with Crippen LogP contribution in [-0.4, -0.2) is 23.9 Å². The van der Waals surface area contributed by atoms with E-state index in [0.717, 1.165) is 16.5 Å². The van der Waals surface area contributed by atoms with Crippen LogP contribution in [0.15, 0.2) is 89.5 Å². The molecule has 0 aliphatic heterocycles. The molecule has 4 aromatic rings. The van der Waals surface area contributed by atoms with Crippen LogP contribution in [0, 0.1) is 5.82 Å². The lowest BCUT2D eigenvalue weighted by molar-refractivity contribution is -0.200. The summed E-state index contributed by atoms with van der Waals surface area (Å²) in [5.74, 6) is -0.0336. The molecule has 4 rings (SSSR count). The van der Waals surface area contributed by atoms with Gasteiger partial charge in [-0.2, -0.15) is 26.3 Å². The molecule has 0 spiro atoms. The SMILES string of the molecule is O[C@H](CN(Cc1ccc(C(F)(F)F)cc1F)c1cccc(Oc2cccc(-c3ccco3)c2)c1)C(F)(F)F. The molecular formula is C27H20F7NO3. The number of aliphatic hydroxyl groups is 1. The molecule has 0 bridgehead atoms. The van der Waals surface area contributed by atoms with Gasteiger partial charge in [0.2, 0.25) is 0 Å². The summed E-state index contributed by atoms with van der Waals surface area (Å²) in [6, 6.07) is 17.9. The van der Waals surface area contributed by atoms with Crippen LogP contribution in [0.3, 0.4) is 0 Å². The Balaban J connectivity index is 1.62. The van der Waals surface area contributed by atoms with Crippen LogP contribution in [0.4, 0.5) is 36.4 Å². The van der Waals surface area contributed by atoms with Gasteiger partial charge in [0, 0.05) is 29.4 Å². The molecular weight excluding hydrogens is 519 g/mol. The third-order valence-electron chi connectivity index (χ3n) is 5.57. The van der Waals surface area contributed by atoms with Gasteiger partial charge in [-0.25, -0.2) is 4.39 Å². The molecule has 0 radical (unpaired) electrons. The monoisotopic (exact) mass is 539 g/mol. The molecule has 0 saturated heterocycles. The van der Waals surface area contributed by atoms with E-state index in [4.69, 9.17) is 9.15 Å². The van der Waals surface area contributed by atoms with Crippen LogP contribution in [0.5, 0.6) is 11.5 Å². The van der Waals surface area contributed by atoms with Crippen molar-refractivity contribution in [2.24, 2.45) is 0 Å².